The van der Waals surface area contributed by atoms with E-state index < -0.39 is 0 Å². The second-order valence-corrected chi connectivity index (χ2v) is 6.90. The van der Waals surface area contributed by atoms with Crippen molar-refractivity contribution in [3.8, 4) is 5.75 Å². The molecule has 7 heteroatoms. The maximum atomic E-state index is 11.9. The average Bonchev–Trinajstić information content (AvgIpc) is 2.50. The molecular weight excluding hydrogens is 412 g/mol. The predicted octanol–water partition coefficient (Wildman–Crippen LogP) is 4.61. The summed E-state index contributed by atoms with van der Waals surface area (Å²) in [5.74, 6) is 0.0679. The number of hydrogen-bond donors (Lipinski definition) is 2. The molecule has 2 aromatic rings. The zero-order valence-electron chi connectivity index (χ0n) is 13.2. The Kier molecular flexibility index (Phi) is 6.60. The van der Waals surface area contributed by atoms with Crippen molar-refractivity contribution in [2.75, 3.05) is 11.9 Å². The quantitative estimate of drug-likeness (QED) is 0.700. The molecule has 0 unspecified atom stereocenters. The lowest BCUT2D eigenvalue weighted by Gasteiger charge is -2.12. The third kappa shape index (κ3) is 5.47. The van der Waals surface area contributed by atoms with Gasteiger partial charge in [-0.3, -0.25) is 10.1 Å². The first-order valence-electron chi connectivity index (χ1n) is 7.11. The summed E-state index contributed by atoms with van der Waals surface area (Å²) < 4.78 is 6.22. The number of anilines is 1. The molecular formula is C17H16BrClN2O2S. The lowest BCUT2D eigenvalue weighted by atomic mass is 10.1. The van der Waals surface area contributed by atoms with Gasteiger partial charge < -0.3 is 10.1 Å². The molecule has 0 bridgehead atoms. The molecule has 0 saturated carbocycles. The van der Waals surface area contributed by atoms with E-state index in [0.29, 0.717) is 10.8 Å². The number of nitrogens with one attached hydrogen (secondary N) is 2. The first kappa shape index (κ1) is 18.7. The lowest BCUT2D eigenvalue weighted by Crippen LogP contribution is -2.37. The van der Waals surface area contributed by atoms with Crippen molar-refractivity contribution in [2.24, 2.45) is 0 Å². The number of amides is 1. The molecule has 2 aromatic carbocycles. The minimum Gasteiger partial charge on any atom is -0.482 e. The molecule has 2 N–H and O–H groups in total. The Morgan fingerprint density at radius 1 is 1.21 bits per heavy atom. The lowest BCUT2D eigenvalue weighted by molar-refractivity contribution is -0.121. The van der Waals surface area contributed by atoms with Gasteiger partial charge in [-0.25, -0.2) is 0 Å². The molecule has 0 aliphatic heterocycles. The maximum absolute atomic E-state index is 11.9. The van der Waals surface area contributed by atoms with Gasteiger partial charge in [-0.2, -0.15) is 0 Å². The summed E-state index contributed by atoms with van der Waals surface area (Å²) in [5.41, 5.74) is 3.15. The van der Waals surface area contributed by atoms with E-state index in [1.54, 1.807) is 18.2 Å². The Morgan fingerprint density at radius 2 is 1.96 bits per heavy atom. The molecule has 126 valence electrons. The van der Waals surface area contributed by atoms with Crippen LogP contribution in [0.15, 0.2) is 40.9 Å². The van der Waals surface area contributed by atoms with Crippen LogP contribution in [0.2, 0.25) is 5.02 Å². The fourth-order valence-electron chi connectivity index (χ4n) is 1.88. The van der Waals surface area contributed by atoms with E-state index in [-0.39, 0.29) is 17.6 Å². The molecule has 4 nitrogen and oxygen atoms in total. The van der Waals surface area contributed by atoms with Crippen LogP contribution in [0.5, 0.6) is 5.75 Å². The standard InChI is InChI=1S/C17H16BrClN2O2S/c1-10-3-5-13(7-11(10)2)20-17(24)21-16(22)9-23-15-6-4-12(18)8-14(15)19/h3-8H,9H2,1-2H3,(H2,20,21,22,24). The van der Waals surface area contributed by atoms with Gasteiger partial charge in [0.1, 0.15) is 5.75 Å². The average molecular weight is 428 g/mol. The molecule has 0 atom stereocenters. The zero-order chi connectivity index (χ0) is 17.7. The number of carbonyl (C=O) groups excluding carboxylic acids is 1. The minimum absolute atomic E-state index is 0.184. The molecule has 0 aliphatic carbocycles. The molecule has 0 radical (unpaired) electrons. The molecule has 2 rings (SSSR count). The van der Waals surface area contributed by atoms with E-state index in [2.05, 4.69) is 26.6 Å². The Balaban J connectivity index is 1.85. The molecule has 0 aliphatic rings. The number of halogens is 2. The maximum Gasteiger partial charge on any atom is 0.264 e. The van der Waals surface area contributed by atoms with Gasteiger partial charge in [0, 0.05) is 10.2 Å². The third-order valence-corrected chi connectivity index (χ3v) is 4.26. The van der Waals surface area contributed by atoms with Gasteiger partial charge in [0.25, 0.3) is 5.91 Å². The highest BCUT2D eigenvalue weighted by Gasteiger charge is 2.08. The van der Waals surface area contributed by atoms with Gasteiger partial charge in [0.2, 0.25) is 0 Å². The largest absolute Gasteiger partial charge is 0.482 e. The van der Waals surface area contributed by atoms with Gasteiger partial charge in [-0.1, -0.05) is 33.6 Å². The minimum atomic E-state index is -0.365. The highest BCUT2D eigenvalue weighted by atomic mass is 79.9. The fraction of sp³-hybridized carbons (Fsp3) is 0.176. The van der Waals surface area contributed by atoms with E-state index in [9.17, 15) is 4.79 Å². The van der Waals surface area contributed by atoms with Gasteiger partial charge in [-0.15, -0.1) is 0 Å². The van der Waals surface area contributed by atoms with E-state index in [4.69, 9.17) is 28.6 Å². The first-order valence-corrected chi connectivity index (χ1v) is 8.69. The van der Waals surface area contributed by atoms with Crippen LogP contribution in [0.4, 0.5) is 5.69 Å². The highest BCUT2D eigenvalue weighted by Crippen LogP contribution is 2.27. The zero-order valence-corrected chi connectivity index (χ0v) is 16.3. The van der Waals surface area contributed by atoms with Crippen LogP contribution >= 0.6 is 39.7 Å². The number of aryl methyl sites for hydroxylation is 2. The SMILES string of the molecule is Cc1ccc(NC(=S)NC(=O)COc2ccc(Br)cc2Cl)cc1C. The van der Waals surface area contributed by atoms with E-state index in [0.717, 1.165) is 15.7 Å². The van der Waals surface area contributed by atoms with Crippen LogP contribution in [0.1, 0.15) is 11.1 Å². The summed E-state index contributed by atoms with van der Waals surface area (Å²) in [6, 6.07) is 11.0. The number of carbonyl (C=O) groups is 1. The number of thiocarbonyl (C=S) groups is 1. The summed E-state index contributed by atoms with van der Waals surface area (Å²) in [7, 11) is 0. The van der Waals surface area contributed by atoms with Crippen LogP contribution in [0.3, 0.4) is 0 Å². The molecule has 24 heavy (non-hydrogen) atoms. The third-order valence-electron chi connectivity index (χ3n) is 3.27. The summed E-state index contributed by atoms with van der Waals surface area (Å²) in [6.45, 7) is 3.86. The number of ether oxygens (including phenoxy) is 1. The summed E-state index contributed by atoms with van der Waals surface area (Å²) in [4.78, 5) is 11.9. The molecule has 0 spiro atoms. The smallest absolute Gasteiger partial charge is 0.264 e. The topological polar surface area (TPSA) is 50.4 Å². The van der Waals surface area contributed by atoms with Crippen molar-refractivity contribution in [2.45, 2.75) is 13.8 Å². The van der Waals surface area contributed by atoms with Crippen LogP contribution in [-0.2, 0) is 4.79 Å². The van der Waals surface area contributed by atoms with Crippen LogP contribution in [0.25, 0.3) is 0 Å². The number of benzene rings is 2. The Bertz CT molecular complexity index is 783. The molecule has 0 saturated heterocycles. The van der Waals surface area contributed by atoms with Crippen molar-refractivity contribution >= 4 is 56.5 Å². The molecule has 0 heterocycles. The van der Waals surface area contributed by atoms with Gasteiger partial charge in [0.05, 0.1) is 5.02 Å². The van der Waals surface area contributed by atoms with Gasteiger partial charge in [0.15, 0.2) is 11.7 Å². The van der Waals surface area contributed by atoms with Crippen molar-refractivity contribution in [1.29, 1.82) is 0 Å². The van der Waals surface area contributed by atoms with E-state index in [1.807, 2.05) is 32.0 Å². The van der Waals surface area contributed by atoms with Crippen molar-refractivity contribution < 1.29 is 9.53 Å². The Hall–Kier alpha value is -1.63. The molecule has 0 aromatic heterocycles. The van der Waals surface area contributed by atoms with Crippen LogP contribution < -0.4 is 15.4 Å². The molecule has 0 fully saturated rings. The van der Waals surface area contributed by atoms with Gasteiger partial charge in [-0.05, 0) is 67.5 Å². The van der Waals surface area contributed by atoms with E-state index >= 15 is 0 Å². The summed E-state index contributed by atoms with van der Waals surface area (Å²) in [5, 5.41) is 6.18. The van der Waals surface area contributed by atoms with Crippen molar-refractivity contribution in [3.05, 3.63) is 57.0 Å². The van der Waals surface area contributed by atoms with Crippen LogP contribution in [-0.4, -0.2) is 17.6 Å². The molecule has 1 amide bonds. The van der Waals surface area contributed by atoms with Crippen molar-refractivity contribution in [1.82, 2.24) is 5.32 Å². The van der Waals surface area contributed by atoms with Crippen LogP contribution in [0, 0.1) is 13.8 Å². The second-order valence-electron chi connectivity index (χ2n) is 5.16. The highest BCUT2D eigenvalue weighted by molar-refractivity contribution is 9.10. The van der Waals surface area contributed by atoms with E-state index in [1.165, 1.54) is 5.56 Å². The first-order chi connectivity index (χ1) is 11.3. The second kappa shape index (κ2) is 8.46. The summed E-state index contributed by atoms with van der Waals surface area (Å²) in [6.07, 6.45) is 0. The van der Waals surface area contributed by atoms with Gasteiger partial charge >= 0.3 is 0 Å². The predicted molar refractivity (Wildman–Crippen MR) is 105 cm³/mol. The summed E-state index contributed by atoms with van der Waals surface area (Å²) >= 11 is 14.5. The fourth-order valence-corrected chi connectivity index (χ4v) is 2.84. The monoisotopic (exact) mass is 426 g/mol. The van der Waals surface area contributed by atoms with Crippen molar-refractivity contribution in [3.63, 3.8) is 0 Å². The number of rotatable bonds is 4. The Morgan fingerprint density at radius 3 is 2.62 bits per heavy atom. The normalized spacial score (nSPS) is 10.2. The number of hydrogen-bond acceptors (Lipinski definition) is 3. The Labute approximate surface area is 159 Å².